The van der Waals surface area contributed by atoms with Crippen LogP contribution in [0.5, 0.6) is 0 Å². The van der Waals surface area contributed by atoms with Crippen LogP contribution in [0.25, 0.3) is 0 Å². The van der Waals surface area contributed by atoms with E-state index in [2.05, 4.69) is 0 Å². The highest BCUT2D eigenvalue weighted by Crippen LogP contribution is 2.36. The Morgan fingerprint density at radius 2 is 0.931 bits per heavy atom. The Morgan fingerprint density at radius 1 is 0.621 bits per heavy atom. The number of sulfone groups is 1. The molecule has 0 fully saturated rings. The van der Waals surface area contributed by atoms with Crippen molar-refractivity contribution in [3.05, 3.63) is 58.7 Å². The van der Waals surface area contributed by atoms with E-state index in [1.807, 2.05) is 0 Å². The minimum absolute atomic E-state index is 0.0666. The molecular formula is C16H8F10O2S. The Balaban J connectivity index is 2.84. The van der Waals surface area contributed by atoms with Crippen LogP contribution in [0.4, 0.5) is 43.9 Å². The van der Waals surface area contributed by atoms with E-state index in [9.17, 15) is 52.3 Å². The van der Waals surface area contributed by atoms with Gasteiger partial charge in [-0.3, -0.25) is 0 Å². The van der Waals surface area contributed by atoms with Gasteiger partial charge in [0, 0.05) is 23.3 Å². The second-order valence-corrected chi connectivity index (χ2v) is 7.70. The summed E-state index contributed by atoms with van der Waals surface area (Å²) in [7, 11) is -5.60. The molecule has 0 aliphatic rings. The van der Waals surface area contributed by atoms with Crippen molar-refractivity contribution in [2.75, 3.05) is 0 Å². The van der Waals surface area contributed by atoms with Gasteiger partial charge in [0.05, 0.1) is 22.6 Å². The van der Waals surface area contributed by atoms with E-state index in [0.717, 1.165) is 0 Å². The highest BCUT2D eigenvalue weighted by atomic mass is 32.2. The van der Waals surface area contributed by atoms with Crippen molar-refractivity contribution in [1.29, 1.82) is 0 Å². The Labute approximate surface area is 156 Å². The fourth-order valence-corrected chi connectivity index (χ4v) is 4.26. The highest BCUT2D eigenvalue weighted by Gasteiger charge is 2.38. The summed E-state index contributed by atoms with van der Waals surface area (Å²) in [6.45, 7) is 0. The molecular weight excluding hydrogens is 446 g/mol. The van der Waals surface area contributed by atoms with Crippen LogP contribution in [0.15, 0.2) is 34.1 Å². The largest absolute Gasteiger partial charge is 0.393 e. The first-order valence-electron chi connectivity index (χ1n) is 7.36. The lowest BCUT2D eigenvalue weighted by atomic mass is 10.1. The minimum Gasteiger partial charge on any atom is -0.218 e. The molecule has 0 saturated carbocycles. The van der Waals surface area contributed by atoms with E-state index in [1.54, 1.807) is 0 Å². The van der Waals surface area contributed by atoms with Gasteiger partial charge in [0.1, 0.15) is 23.3 Å². The predicted molar refractivity (Wildman–Crippen MR) is 77.7 cm³/mol. The number of hydrogen-bond acceptors (Lipinski definition) is 2. The number of alkyl halides is 6. The molecule has 160 valence electrons. The third-order valence-electron chi connectivity index (χ3n) is 3.57. The van der Waals surface area contributed by atoms with Gasteiger partial charge in [-0.25, -0.2) is 26.0 Å². The molecule has 0 atom stereocenters. The Bertz CT molecular complexity index is 962. The van der Waals surface area contributed by atoms with Crippen molar-refractivity contribution in [3.8, 4) is 0 Å². The third kappa shape index (κ3) is 5.40. The van der Waals surface area contributed by atoms with Gasteiger partial charge in [0.25, 0.3) is 0 Å². The molecule has 2 aromatic rings. The van der Waals surface area contributed by atoms with Gasteiger partial charge in [0.15, 0.2) is 0 Å². The van der Waals surface area contributed by atoms with E-state index in [4.69, 9.17) is 0 Å². The molecule has 2 rings (SSSR count). The van der Waals surface area contributed by atoms with Gasteiger partial charge in [-0.1, -0.05) is 0 Å². The first kappa shape index (κ1) is 23.0. The molecule has 0 amide bonds. The second-order valence-electron chi connectivity index (χ2n) is 5.82. The SMILES string of the molecule is O=S(=O)(c1cc(F)cc(F)c1CC(F)(F)F)c1cc(F)cc(F)c1CC(F)(F)F. The number of rotatable bonds is 4. The van der Waals surface area contributed by atoms with Gasteiger partial charge >= 0.3 is 12.4 Å². The van der Waals surface area contributed by atoms with Gasteiger partial charge in [-0.15, -0.1) is 0 Å². The normalized spacial score (nSPS) is 13.0. The smallest absolute Gasteiger partial charge is 0.218 e. The molecule has 13 heteroatoms. The molecule has 0 spiro atoms. The first-order chi connectivity index (χ1) is 13.0. The summed E-state index contributed by atoms with van der Waals surface area (Å²) in [5.41, 5.74) is -3.22. The lowest BCUT2D eigenvalue weighted by Crippen LogP contribution is -2.20. The summed E-state index contributed by atoms with van der Waals surface area (Å²) in [6.07, 6.45) is -14.8. The van der Waals surface area contributed by atoms with Crippen molar-refractivity contribution < 1.29 is 52.3 Å². The maximum Gasteiger partial charge on any atom is 0.393 e. The molecule has 0 saturated heterocycles. The lowest BCUT2D eigenvalue weighted by molar-refractivity contribution is -0.129. The summed E-state index contributed by atoms with van der Waals surface area (Å²) in [4.78, 5) is -3.39. The Hall–Kier alpha value is -2.31. The summed E-state index contributed by atoms with van der Waals surface area (Å²) >= 11 is 0. The summed E-state index contributed by atoms with van der Waals surface area (Å²) < 4.78 is 156. The van der Waals surface area contributed by atoms with Crippen molar-refractivity contribution in [3.63, 3.8) is 0 Å². The molecule has 0 aromatic heterocycles. The molecule has 2 nitrogen and oxygen atoms in total. The van der Waals surface area contributed by atoms with Crippen LogP contribution in [-0.4, -0.2) is 20.8 Å². The number of halogens is 10. The van der Waals surface area contributed by atoms with Crippen LogP contribution < -0.4 is 0 Å². The fourth-order valence-electron chi connectivity index (χ4n) is 2.50. The molecule has 0 aliphatic carbocycles. The number of hydrogen-bond donors (Lipinski definition) is 0. The van der Waals surface area contributed by atoms with E-state index >= 15 is 0 Å². The van der Waals surface area contributed by atoms with E-state index in [0.29, 0.717) is 0 Å². The molecule has 0 unspecified atom stereocenters. The van der Waals surface area contributed by atoms with E-state index in [1.165, 1.54) is 0 Å². The summed E-state index contributed by atoms with van der Waals surface area (Å²) in [5.74, 6) is -7.23. The molecule has 29 heavy (non-hydrogen) atoms. The molecule has 0 heterocycles. The van der Waals surface area contributed by atoms with Crippen molar-refractivity contribution in [2.24, 2.45) is 0 Å². The standard InChI is InChI=1S/C16H8F10O2S/c17-7-1-11(19)9(5-15(21,22)23)13(3-7)29(27,28)14-4-8(18)2-12(20)10(14)6-16(24,25)26/h1-4H,5-6H2. The van der Waals surface area contributed by atoms with Crippen LogP contribution in [-0.2, 0) is 22.7 Å². The summed E-state index contributed by atoms with van der Waals surface area (Å²) in [5, 5.41) is 0. The van der Waals surface area contributed by atoms with Gasteiger partial charge < -0.3 is 0 Å². The van der Waals surface area contributed by atoms with Crippen LogP contribution in [0.1, 0.15) is 11.1 Å². The zero-order valence-electron chi connectivity index (χ0n) is 13.7. The quantitative estimate of drug-likeness (QED) is 0.589. The van der Waals surface area contributed by atoms with Crippen LogP contribution in [0, 0.1) is 23.3 Å². The van der Waals surface area contributed by atoms with Gasteiger partial charge in [0.2, 0.25) is 9.84 Å². The number of benzene rings is 2. The van der Waals surface area contributed by atoms with Gasteiger partial charge in [-0.2, -0.15) is 26.3 Å². The topological polar surface area (TPSA) is 34.1 Å². The predicted octanol–water partition coefficient (Wildman–Crippen LogP) is 5.29. The van der Waals surface area contributed by atoms with Crippen LogP contribution in [0.3, 0.4) is 0 Å². The minimum atomic E-state index is -5.60. The Kier molecular flexibility index (Phi) is 5.94. The molecule has 2 aromatic carbocycles. The Morgan fingerprint density at radius 3 is 1.21 bits per heavy atom. The molecule has 0 N–H and O–H groups in total. The lowest BCUT2D eigenvalue weighted by Gasteiger charge is -2.17. The van der Waals surface area contributed by atoms with Crippen molar-refractivity contribution >= 4 is 9.84 Å². The monoisotopic (exact) mass is 454 g/mol. The van der Waals surface area contributed by atoms with Crippen LogP contribution >= 0.6 is 0 Å². The summed E-state index contributed by atoms with van der Waals surface area (Å²) in [6, 6.07) is -0.273. The fraction of sp³-hybridized carbons (Fsp3) is 0.250. The van der Waals surface area contributed by atoms with Crippen LogP contribution in [0.2, 0.25) is 0 Å². The zero-order chi connectivity index (χ0) is 22.4. The first-order valence-corrected chi connectivity index (χ1v) is 8.84. The van der Waals surface area contributed by atoms with Crippen molar-refractivity contribution in [2.45, 2.75) is 35.0 Å². The van der Waals surface area contributed by atoms with Gasteiger partial charge in [-0.05, 0) is 12.1 Å². The average molecular weight is 454 g/mol. The molecule has 0 bridgehead atoms. The van der Waals surface area contributed by atoms with E-state index in [-0.39, 0.29) is 24.3 Å². The third-order valence-corrected chi connectivity index (χ3v) is 5.46. The zero-order valence-corrected chi connectivity index (χ0v) is 14.5. The molecule has 0 radical (unpaired) electrons. The maximum atomic E-state index is 13.9. The molecule has 0 aliphatic heterocycles. The second kappa shape index (κ2) is 7.50. The van der Waals surface area contributed by atoms with Crippen molar-refractivity contribution in [1.82, 2.24) is 0 Å². The van der Waals surface area contributed by atoms with E-state index < -0.39 is 79.2 Å². The highest BCUT2D eigenvalue weighted by molar-refractivity contribution is 7.91. The average Bonchev–Trinajstić information content (AvgIpc) is 2.49. The maximum absolute atomic E-state index is 13.9.